The summed E-state index contributed by atoms with van der Waals surface area (Å²) in [4.78, 5) is 0. The summed E-state index contributed by atoms with van der Waals surface area (Å²) in [6.45, 7) is 9.25. The van der Waals surface area contributed by atoms with Crippen LogP contribution in [0.15, 0.2) is 84.9 Å². The zero-order chi connectivity index (χ0) is 27.3. The second-order valence-corrected chi connectivity index (χ2v) is 9.25. The smallest absolute Gasteiger partial charge is 0.122 e. The fourth-order valence-corrected chi connectivity index (χ4v) is 4.06. The average molecular weight is 503 g/mol. The predicted molar refractivity (Wildman–Crippen MR) is 152 cm³/mol. The Balaban J connectivity index is 0.000000211. The van der Waals surface area contributed by atoms with Crippen molar-refractivity contribution in [2.75, 3.05) is 0 Å². The summed E-state index contributed by atoms with van der Waals surface area (Å²) in [6, 6.07) is 32.4. The lowest BCUT2D eigenvalue weighted by atomic mass is 10.1. The quantitative estimate of drug-likeness (QED) is 0.246. The number of hydrogen-bond acceptors (Lipinski definition) is 4. The van der Waals surface area contributed by atoms with Crippen LogP contribution in [0.3, 0.4) is 0 Å². The van der Waals surface area contributed by atoms with Gasteiger partial charge in [-0.25, -0.2) is 0 Å². The van der Waals surface area contributed by atoms with Gasteiger partial charge in [0.25, 0.3) is 0 Å². The molecule has 4 rings (SSSR count). The van der Waals surface area contributed by atoms with Gasteiger partial charge >= 0.3 is 0 Å². The van der Waals surface area contributed by atoms with Gasteiger partial charge in [-0.15, -0.1) is 0 Å². The first-order valence-electron chi connectivity index (χ1n) is 12.7. The van der Waals surface area contributed by atoms with Gasteiger partial charge in [-0.2, -0.15) is 10.5 Å². The van der Waals surface area contributed by atoms with Crippen molar-refractivity contribution in [1.29, 1.82) is 10.5 Å². The molecule has 192 valence electrons. The van der Waals surface area contributed by atoms with Crippen molar-refractivity contribution in [1.82, 2.24) is 0 Å². The van der Waals surface area contributed by atoms with Gasteiger partial charge < -0.3 is 9.47 Å². The van der Waals surface area contributed by atoms with E-state index < -0.39 is 0 Å². The van der Waals surface area contributed by atoms with E-state index >= 15 is 0 Å². The van der Waals surface area contributed by atoms with Crippen LogP contribution in [0.1, 0.15) is 44.5 Å². The van der Waals surface area contributed by atoms with Crippen LogP contribution < -0.4 is 9.47 Å². The molecule has 0 saturated heterocycles. The highest BCUT2D eigenvalue weighted by molar-refractivity contribution is 5.39. The minimum absolute atomic E-state index is 0.423. The zero-order valence-electron chi connectivity index (χ0n) is 22.6. The van der Waals surface area contributed by atoms with Gasteiger partial charge in [0.15, 0.2) is 0 Å². The van der Waals surface area contributed by atoms with Crippen LogP contribution in [0, 0.1) is 50.4 Å². The molecular formula is C34H34N2O2. The van der Waals surface area contributed by atoms with Crippen LogP contribution in [0.5, 0.6) is 11.5 Å². The molecule has 4 heteroatoms. The summed E-state index contributed by atoms with van der Waals surface area (Å²) >= 11 is 0. The van der Waals surface area contributed by atoms with Gasteiger partial charge in [0.1, 0.15) is 24.7 Å². The van der Waals surface area contributed by atoms with E-state index in [1.807, 2.05) is 79.7 Å². The minimum atomic E-state index is 0.423. The second kappa shape index (κ2) is 14.3. The maximum absolute atomic E-state index is 8.82. The van der Waals surface area contributed by atoms with E-state index in [0.29, 0.717) is 26.1 Å². The van der Waals surface area contributed by atoms with Crippen LogP contribution in [-0.4, -0.2) is 0 Å². The summed E-state index contributed by atoms with van der Waals surface area (Å²) in [7, 11) is 0. The summed E-state index contributed by atoms with van der Waals surface area (Å²) in [5.41, 5.74) is 8.98. The maximum atomic E-state index is 8.82. The van der Waals surface area contributed by atoms with Gasteiger partial charge in [-0.1, -0.05) is 78.4 Å². The largest absolute Gasteiger partial charge is 0.489 e. The molecule has 0 aliphatic rings. The molecule has 0 aliphatic heterocycles. The number of ether oxygens (including phenoxy) is 2. The minimum Gasteiger partial charge on any atom is -0.489 e. The summed E-state index contributed by atoms with van der Waals surface area (Å²) in [5, 5.41) is 17.6. The summed E-state index contributed by atoms with van der Waals surface area (Å²) < 4.78 is 11.7. The van der Waals surface area contributed by atoms with E-state index in [4.69, 9.17) is 20.0 Å². The molecule has 4 aromatic rings. The lowest BCUT2D eigenvalue weighted by Crippen LogP contribution is -2.01. The molecule has 0 radical (unpaired) electrons. The number of hydrogen-bond donors (Lipinski definition) is 0. The van der Waals surface area contributed by atoms with Crippen LogP contribution in [0.4, 0.5) is 0 Å². The molecule has 0 atom stereocenters. The molecule has 0 saturated carbocycles. The molecule has 38 heavy (non-hydrogen) atoms. The maximum Gasteiger partial charge on any atom is 0.122 e. The van der Waals surface area contributed by atoms with Gasteiger partial charge in [-0.3, -0.25) is 0 Å². The predicted octanol–water partition coefficient (Wildman–Crippen LogP) is 7.90. The lowest BCUT2D eigenvalue weighted by Gasteiger charge is -2.12. The lowest BCUT2D eigenvalue weighted by molar-refractivity contribution is 0.303. The number of nitrogens with zero attached hydrogens (tertiary/aromatic N) is 2. The third-order valence-electron chi connectivity index (χ3n) is 6.43. The van der Waals surface area contributed by atoms with Crippen molar-refractivity contribution in [2.24, 2.45) is 0 Å². The van der Waals surface area contributed by atoms with Crippen LogP contribution in [0.25, 0.3) is 0 Å². The highest BCUT2D eigenvalue weighted by Crippen LogP contribution is 2.23. The average Bonchev–Trinajstić information content (AvgIpc) is 2.91. The van der Waals surface area contributed by atoms with Gasteiger partial charge in [0.05, 0.1) is 25.0 Å². The van der Waals surface area contributed by atoms with E-state index in [1.165, 1.54) is 16.7 Å². The Labute approximate surface area is 226 Å². The SMILES string of the molecule is Cc1ccc(OCc2ccccc2CC#N)c(C)c1.Cc1cccc(OCc2ccccc2CC#N)c1C. The first-order chi connectivity index (χ1) is 18.4. The van der Waals surface area contributed by atoms with Crippen LogP contribution >= 0.6 is 0 Å². The monoisotopic (exact) mass is 502 g/mol. The third-order valence-corrected chi connectivity index (χ3v) is 6.43. The molecule has 0 unspecified atom stereocenters. The highest BCUT2D eigenvalue weighted by Gasteiger charge is 2.06. The van der Waals surface area contributed by atoms with Gasteiger partial charge in [-0.05, 0) is 78.8 Å². The third kappa shape index (κ3) is 7.99. The first kappa shape index (κ1) is 28.0. The Bertz CT molecular complexity index is 1440. The van der Waals surface area contributed by atoms with Crippen LogP contribution in [0.2, 0.25) is 0 Å². The van der Waals surface area contributed by atoms with Gasteiger partial charge in [0.2, 0.25) is 0 Å². The normalized spacial score (nSPS) is 9.95. The van der Waals surface area contributed by atoms with E-state index in [9.17, 15) is 0 Å². The van der Waals surface area contributed by atoms with E-state index in [0.717, 1.165) is 39.3 Å². The Morgan fingerprint density at radius 2 is 1.08 bits per heavy atom. The molecule has 0 fully saturated rings. The second-order valence-electron chi connectivity index (χ2n) is 9.25. The number of aryl methyl sites for hydroxylation is 3. The molecular weight excluding hydrogens is 468 g/mol. The Morgan fingerprint density at radius 1 is 0.553 bits per heavy atom. The van der Waals surface area contributed by atoms with Gasteiger partial charge in [0, 0.05) is 0 Å². The van der Waals surface area contributed by atoms with Crippen molar-refractivity contribution in [2.45, 2.75) is 53.8 Å². The molecule has 0 heterocycles. The fourth-order valence-electron chi connectivity index (χ4n) is 4.06. The summed E-state index contributed by atoms with van der Waals surface area (Å²) in [6.07, 6.45) is 0.846. The number of rotatable bonds is 8. The Morgan fingerprint density at radius 3 is 1.61 bits per heavy atom. The topological polar surface area (TPSA) is 66.0 Å². The van der Waals surface area contributed by atoms with Crippen molar-refractivity contribution in [3.05, 3.63) is 129 Å². The molecule has 0 N–H and O–H groups in total. The fraction of sp³-hybridized carbons (Fsp3) is 0.235. The van der Waals surface area contributed by atoms with E-state index in [1.54, 1.807) is 0 Å². The molecule has 0 spiro atoms. The molecule has 4 nitrogen and oxygen atoms in total. The molecule has 0 amide bonds. The molecule has 0 aromatic heterocycles. The van der Waals surface area contributed by atoms with E-state index in [2.05, 4.69) is 45.0 Å². The van der Waals surface area contributed by atoms with Crippen molar-refractivity contribution < 1.29 is 9.47 Å². The molecule has 4 aromatic carbocycles. The molecule has 0 bridgehead atoms. The Kier molecular flexibility index (Phi) is 10.5. The van der Waals surface area contributed by atoms with Crippen LogP contribution in [-0.2, 0) is 26.1 Å². The number of nitriles is 2. The summed E-state index contributed by atoms with van der Waals surface area (Å²) in [5.74, 6) is 1.81. The Hall–Kier alpha value is -4.54. The highest BCUT2D eigenvalue weighted by atomic mass is 16.5. The van der Waals surface area contributed by atoms with Crippen molar-refractivity contribution in [3.8, 4) is 23.6 Å². The first-order valence-corrected chi connectivity index (χ1v) is 12.7. The molecule has 0 aliphatic carbocycles. The zero-order valence-corrected chi connectivity index (χ0v) is 22.6. The number of benzene rings is 4. The van der Waals surface area contributed by atoms with Crippen molar-refractivity contribution in [3.63, 3.8) is 0 Å². The van der Waals surface area contributed by atoms with Crippen molar-refractivity contribution >= 4 is 0 Å². The standard InChI is InChI=1S/2C17H17NO/c1-13-6-5-9-17(14(13)2)19-12-16-8-4-3-7-15(16)10-11-18;1-13-7-8-17(14(2)11-13)19-12-16-6-4-3-5-15(16)9-10-18/h3-9H,10,12H2,1-2H3;3-8,11H,9,12H2,1-2H3. The van der Waals surface area contributed by atoms with E-state index in [-0.39, 0.29) is 0 Å².